The van der Waals surface area contributed by atoms with E-state index in [4.69, 9.17) is 4.74 Å². The van der Waals surface area contributed by atoms with Crippen LogP contribution in [0, 0.1) is 17.3 Å². The Balaban J connectivity index is 1.87. The number of hydrogen-bond acceptors (Lipinski definition) is 7. The number of carbonyl (C=O) groups is 6. The second-order valence-corrected chi connectivity index (χ2v) is 13.6. The molecule has 0 radical (unpaired) electrons. The number of carbonyl (C=O) groups excluding carboxylic acids is 5. The van der Waals surface area contributed by atoms with E-state index in [9.17, 15) is 33.9 Å². The zero-order chi connectivity index (χ0) is 35.1. The molecule has 1 unspecified atom stereocenters. The van der Waals surface area contributed by atoms with E-state index in [2.05, 4.69) is 28.3 Å². The summed E-state index contributed by atoms with van der Waals surface area (Å²) in [7, 11) is 0. The number of alkyl carbamates (subject to hydrolysis) is 1. The average Bonchev–Trinajstić information content (AvgIpc) is 3.54. The van der Waals surface area contributed by atoms with Crippen LogP contribution in [0.1, 0.15) is 72.8 Å². The molecule has 6 atom stereocenters. The number of nitrogens with one attached hydrogen (secondary N) is 3. The van der Waals surface area contributed by atoms with Crippen molar-refractivity contribution in [2.75, 3.05) is 6.54 Å². The first kappa shape index (κ1) is 37.0. The van der Waals surface area contributed by atoms with Crippen molar-refractivity contribution in [1.29, 1.82) is 0 Å². The fourth-order valence-electron chi connectivity index (χ4n) is 6.33. The Morgan fingerprint density at radius 2 is 1.72 bits per heavy atom. The number of fused-ring (bicyclic) bond motifs is 1. The van der Waals surface area contributed by atoms with Gasteiger partial charge in [-0.2, -0.15) is 0 Å². The minimum Gasteiger partial charge on any atom is -0.480 e. The molecule has 0 bridgehead atoms. The molecule has 1 aliphatic carbocycles. The van der Waals surface area contributed by atoms with Crippen LogP contribution in [0.2, 0.25) is 0 Å². The molecule has 1 heterocycles. The van der Waals surface area contributed by atoms with Crippen molar-refractivity contribution in [2.24, 2.45) is 17.3 Å². The first-order chi connectivity index (χ1) is 22.1. The van der Waals surface area contributed by atoms with Gasteiger partial charge < -0.3 is 30.7 Å². The van der Waals surface area contributed by atoms with E-state index in [0.717, 1.165) is 5.56 Å². The molecule has 4 amide bonds. The Labute approximate surface area is 276 Å². The van der Waals surface area contributed by atoms with Crippen LogP contribution in [0.15, 0.2) is 48.2 Å². The smallest absolute Gasteiger partial charge is 0.408 e. The fraction of sp³-hybridized carbons (Fsp3) is 0.571. The van der Waals surface area contributed by atoms with Gasteiger partial charge >= 0.3 is 12.1 Å². The van der Waals surface area contributed by atoms with Gasteiger partial charge in [-0.25, -0.2) is 9.59 Å². The average molecular weight is 653 g/mol. The van der Waals surface area contributed by atoms with Crippen molar-refractivity contribution in [2.45, 2.75) is 104 Å². The Morgan fingerprint density at radius 1 is 1.06 bits per heavy atom. The molecule has 1 aliphatic heterocycles. The lowest BCUT2D eigenvalue weighted by Crippen LogP contribution is -2.59. The number of ether oxygens (including phenoxy) is 1. The molecule has 12 nitrogen and oxygen atoms in total. The number of hydrogen-bond donors (Lipinski definition) is 4. The van der Waals surface area contributed by atoms with Gasteiger partial charge in [0.15, 0.2) is 0 Å². The van der Waals surface area contributed by atoms with Gasteiger partial charge in [0.2, 0.25) is 11.8 Å². The molecule has 4 N–H and O–H groups in total. The maximum atomic E-state index is 14.1. The Morgan fingerprint density at radius 3 is 2.28 bits per heavy atom. The van der Waals surface area contributed by atoms with Crippen molar-refractivity contribution in [3.8, 4) is 0 Å². The zero-order valence-electron chi connectivity index (χ0n) is 28.1. The van der Waals surface area contributed by atoms with Crippen LogP contribution < -0.4 is 16.0 Å². The monoisotopic (exact) mass is 652 g/mol. The second-order valence-electron chi connectivity index (χ2n) is 13.6. The van der Waals surface area contributed by atoms with Crippen LogP contribution in [0.25, 0.3) is 0 Å². The number of likely N-dealkylation sites (tertiary alicyclic amines) is 1. The molecule has 47 heavy (non-hydrogen) atoms. The summed E-state index contributed by atoms with van der Waals surface area (Å²) < 4.78 is 5.23. The maximum absolute atomic E-state index is 14.1. The number of carboxylic acid groups (broad SMARTS) is 1. The number of carboxylic acids is 1. The van der Waals surface area contributed by atoms with Crippen LogP contribution in [0.4, 0.5) is 4.79 Å². The molecule has 1 saturated heterocycles. The quantitative estimate of drug-likeness (QED) is 0.186. The van der Waals surface area contributed by atoms with E-state index in [-0.39, 0.29) is 24.3 Å². The minimum atomic E-state index is -1.25. The molecule has 12 heteroatoms. The van der Waals surface area contributed by atoms with E-state index in [1.54, 1.807) is 65.0 Å². The van der Waals surface area contributed by atoms with Crippen LogP contribution in [-0.4, -0.2) is 82.4 Å². The fourth-order valence-corrected chi connectivity index (χ4v) is 6.33. The summed E-state index contributed by atoms with van der Waals surface area (Å²) in [6.45, 7) is 14.2. The summed E-state index contributed by atoms with van der Waals surface area (Å²) >= 11 is 0. The topological polar surface area (TPSA) is 171 Å². The van der Waals surface area contributed by atoms with Crippen molar-refractivity contribution >= 4 is 35.6 Å². The van der Waals surface area contributed by atoms with Gasteiger partial charge in [-0.15, -0.1) is 5.73 Å². The largest absolute Gasteiger partial charge is 0.480 e. The van der Waals surface area contributed by atoms with Gasteiger partial charge in [0, 0.05) is 31.2 Å². The number of Topliss-reactive ketones (excluding diaryl/α,β-unsaturated/α-hetero) is 1. The minimum absolute atomic E-state index is 0.0246. The van der Waals surface area contributed by atoms with Gasteiger partial charge in [0.25, 0.3) is 5.91 Å². The van der Waals surface area contributed by atoms with Crippen LogP contribution >= 0.6 is 0 Å². The molecule has 2 aliphatic rings. The van der Waals surface area contributed by atoms with Crippen molar-refractivity contribution < 1.29 is 38.6 Å². The number of ketones is 1. The van der Waals surface area contributed by atoms with Gasteiger partial charge in [-0.3, -0.25) is 19.2 Å². The number of nitrogens with zero attached hydrogens (tertiary/aromatic N) is 1. The Hall–Kier alpha value is -4.44. The highest BCUT2D eigenvalue weighted by atomic mass is 16.6. The normalized spacial score (nSPS) is 20.8. The third-order valence-electron chi connectivity index (χ3n) is 8.62. The molecule has 256 valence electrons. The lowest BCUT2D eigenvalue weighted by atomic mass is 9.85. The highest BCUT2D eigenvalue weighted by Gasteiger charge is 2.55. The summed E-state index contributed by atoms with van der Waals surface area (Å²) in [4.78, 5) is 80.5. The van der Waals surface area contributed by atoms with Gasteiger partial charge in [0.1, 0.15) is 23.9 Å². The van der Waals surface area contributed by atoms with Gasteiger partial charge in [0.05, 0.1) is 17.7 Å². The molecule has 1 saturated carbocycles. The van der Waals surface area contributed by atoms with E-state index in [0.29, 0.717) is 25.7 Å². The number of benzene rings is 1. The van der Waals surface area contributed by atoms with Crippen LogP contribution in [0.5, 0.6) is 0 Å². The molecule has 1 aromatic carbocycles. The second kappa shape index (κ2) is 15.9. The lowest BCUT2D eigenvalue weighted by molar-refractivity contribution is -0.143. The molecule has 0 aromatic heterocycles. The molecule has 0 spiro atoms. The number of amides is 4. The van der Waals surface area contributed by atoms with Gasteiger partial charge in [-0.1, -0.05) is 71.0 Å². The summed E-state index contributed by atoms with van der Waals surface area (Å²) in [6, 6.07) is 4.62. The predicted molar refractivity (Wildman–Crippen MR) is 174 cm³/mol. The molecule has 2 fully saturated rings. The van der Waals surface area contributed by atoms with Crippen molar-refractivity contribution in [1.82, 2.24) is 20.9 Å². The first-order valence-electron chi connectivity index (χ1n) is 16.2. The summed E-state index contributed by atoms with van der Waals surface area (Å²) in [5.74, 6) is -4.05. The van der Waals surface area contributed by atoms with Crippen molar-refractivity contribution in [3.63, 3.8) is 0 Å². The third kappa shape index (κ3) is 9.32. The Kier molecular flexibility index (Phi) is 12.5. The molecular formula is C35H48N4O8. The maximum Gasteiger partial charge on any atom is 0.408 e. The summed E-state index contributed by atoms with van der Waals surface area (Å²) in [5.41, 5.74) is 2.51. The van der Waals surface area contributed by atoms with Gasteiger partial charge in [-0.05, 0) is 37.7 Å². The standard InChI is InChI=1S/C35H48N4O8/c1-8-13-25(22(9-2)30(41)37-26(33(44)45)18-21-14-11-10-12-15-21)36-31(42)28-23-16-17-27(40)24(23)19-39(28)32(43)29(35(5,6)7)38-34(46)47-20(3)4/h10-12,14-15,20,23-26,28-29H,2,8,13,16-19H2,1,3-7H3,(H,36,42)(H,37,41)(H,38,46)(H,44,45)/t23-,24-,25?,26-,28-,29+/m0/s1. The lowest BCUT2D eigenvalue weighted by Gasteiger charge is -2.36. The number of aliphatic carboxylic acids is 1. The highest BCUT2D eigenvalue weighted by molar-refractivity contribution is 5.99. The SMILES string of the molecule is C=C=C(C(=O)N[C@@H](Cc1ccccc1)C(=O)O)C(CCC)NC(=O)[C@@H]1[C@H]2CCC(=O)[C@H]2CN1C(=O)[C@@H](NC(=O)OC(C)C)C(C)(C)C. The number of rotatable bonds is 13. The van der Waals surface area contributed by atoms with Crippen molar-refractivity contribution in [3.05, 3.63) is 53.8 Å². The summed E-state index contributed by atoms with van der Waals surface area (Å²) in [6.07, 6.45) is 0.400. The van der Waals surface area contributed by atoms with Crippen LogP contribution in [0.3, 0.4) is 0 Å². The molecular weight excluding hydrogens is 604 g/mol. The van der Waals surface area contributed by atoms with E-state index >= 15 is 0 Å². The predicted octanol–water partition coefficient (Wildman–Crippen LogP) is 3.15. The zero-order valence-corrected chi connectivity index (χ0v) is 28.1. The third-order valence-corrected chi connectivity index (χ3v) is 8.62. The molecule has 3 rings (SSSR count). The first-order valence-corrected chi connectivity index (χ1v) is 16.2. The van der Waals surface area contributed by atoms with Crippen LogP contribution in [-0.2, 0) is 35.1 Å². The highest BCUT2D eigenvalue weighted by Crippen LogP contribution is 2.41. The van der Waals surface area contributed by atoms with E-state index in [1.807, 2.05) is 6.92 Å². The Bertz CT molecular complexity index is 1400. The van der Waals surface area contributed by atoms with E-state index in [1.165, 1.54) is 4.90 Å². The molecule has 1 aromatic rings. The van der Waals surface area contributed by atoms with E-state index < -0.39 is 77.3 Å². The summed E-state index contributed by atoms with van der Waals surface area (Å²) in [5, 5.41) is 17.9.